The molecular weight excluding hydrogens is 344 g/mol. The number of hydrogen-bond donors (Lipinski definition) is 1. The molecule has 1 N–H and O–H groups in total. The Morgan fingerprint density at radius 3 is 2.88 bits per heavy atom. The summed E-state index contributed by atoms with van der Waals surface area (Å²) >= 11 is 1.68. The van der Waals surface area contributed by atoms with Crippen LogP contribution in [0.2, 0.25) is 0 Å². The molecule has 0 aliphatic carbocycles. The number of sulfonamides is 1. The summed E-state index contributed by atoms with van der Waals surface area (Å²) in [6.45, 7) is 1.09. The molecule has 1 aromatic carbocycles. The molecule has 1 aromatic heterocycles. The number of carbonyl (C=O) groups excluding carboxylic acids is 1. The lowest BCUT2D eigenvalue weighted by atomic mass is 10.0. The van der Waals surface area contributed by atoms with Gasteiger partial charge in [-0.2, -0.15) is 0 Å². The molecule has 3 rings (SSSR count). The van der Waals surface area contributed by atoms with E-state index in [0.717, 1.165) is 24.8 Å². The van der Waals surface area contributed by atoms with Crippen LogP contribution in [0.5, 0.6) is 0 Å². The van der Waals surface area contributed by atoms with Gasteiger partial charge < -0.3 is 5.32 Å². The number of carbonyl (C=O) groups is 1. The first-order valence-electron chi connectivity index (χ1n) is 7.86. The predicted molar refractivity (Wildman–Crippen MR) is 97.3 cm³/mol. The van der Waals surface area contributed by atoms with Crippen molar-refractivity contribution in [3.05, 3.63) is 51.7 Å². The molecule has 2 aromatic rings. The molecule has 0 radical (unpaired) electrons. The lowest BCUT2D eigenvalue weighted by Crippen LogP contribution is -2.34. The van der Waals surface area contributed by atoms with E-state index >= 15 is 0 Å². The first-order valence-corrected chi connectivity index (χ1v) is 10.6. The highest BCUT2D eigenvalue weighted by molar-refractivity contribution is 7.92. The quantitative estimate of drug-likeness (QED) is 0.886. The van der Waals surface area contributed by atoms with Gasteiger partial charge in [-0.1, -0.05) is 6.07 Å². The van der Waals surface area contributed by atoms with Crippen LogP contribution in [-0.2, 0) is 22.9 Å². The van der Waals surface area contributed by atoms with Gasteiger partial charge in [0.25, 0.3) is 5.91 Å². The summed E-state index contributed by atoms with van der Waals surface area (Å²) in [5, 5.41) is 4.94. The number of hydrogen-bond acceptors (Lipinski definition) is 4. The van der Waals surface area contributed by atoms with Gasteiger partial charge in [0.2, 0.25) is 10.0 Å². The number of benzene rings is 1. The minimum Gasteiger partial charge on any atom is -0.352 e. The van der Waals surface area contributed by atoms with Crippen LogP contribution < -0.4 is 9.62 Å². The highest BCUT2D eigenvalue weighted by atomic mass is 32.2. The molecule has 0 atom stereocenters. The van der Waals surface area contributed by atoms with E-state index in [-0.39, 0.29) is 5.91 Å². The standard InChI is InChI=1S/C17H20N2O3S2/c1-24(21,22)19-10-2-4-13-12-14(6-7-16(13)19)17(20)18-9-8-15-5-3-11-23-15/h3,5-7,11-12H,2,4,8-10H2,1H3,(H,18,20). The smallest absolute Gasteiger partial charge is 0.251 e. The second-order valence-electron chi connectivity index (χ2n) is 5.87. The Balaban J connectivity index is 1.70. The Labute approximate surface area is 146 Å². The topological polar surface area (TPSA) is 66.5 Å². The van der Waals surface area contributed by atoms with Crippen molar-refractivity contribution in [3.63, 3.8) is 0 Å². The van der Waals surface area contributed by atoms with Crippen LogP contribution in [0.3, 0.4) is 0 Å². The lowest BCUT2D eigenvalue weighted by molar-refractivity contribution is 0.0954. The summed E-state index contributed by atoms with van der Waals surface area (Å²) in [7, 11) is -3.28. The lowest BCUT2D eigenvalue weighted by Gasteiger charge is -2.29. The van der Waals surface area contributed by atoms with E-state index in [1.165, 1.54) is 15.4 Å². The molecular formula is C17H20N2O3S2. The number of aryl methyl sites for hydroxylation is 1. The van der Waals surface area contributed by atoms with Crippen molar-refractivity contribution in [2.75, 3.05) is 23.7 Å². The third-order valence-corrected chi connectivity index (χ3v) is 6.17. The molecule has 0 saturated carbocycles. The third-order valence-electron chi connectivity index (χ3n) is 4.06. The first-order chi connectivity index (χ1) is 11.4. The number of thiophene rings is 1. The summed E-state index contributed by atoms with van der Waals surface area (Å²) in [6.07, 6.45) is 3.59. The van der Waals surface area contributed by atoms with Crippen LogP contribution in [0.25, 0.3) is 0 Å². The van der Waals surface area contributed by atoms with Gasteiger partial charge >= 0.3 is 0 Å². The van der Waals surface area contributed by atoms with Crippen LogP contribution in [0, 0.1) is 0 Å². The molecule has 1 aliphatic heterocycles. The van der Waals surface area contributed by atoms with E-state index in [2.05, 4.69) is 11.4 Å². The van der Waals surface area contributed by atoms with Crippen LogP contribution >= 0.6 is 11.3 Å². The van der Waals surface area contributed by atoms with Gasteiger partial charge in [0.15, 0.2) is 0 Å². The van der Waals surface area contributed by atoms with E-state index in [1.807, 2.05) is 17.5 Å². The Kier molecular flexibility index (Phi) is 4.91. The zero-order valence-corrected chi connectivity index (χ0v) is 15.1. The average molecular weight is 364 g/mol. The van der Waals surface area contributed by atoms with Gasteiger partial charge in [-0.15, -0.1) is 11.3 Å². The Bertz CT molecular complexity index is 830. The molecule has 1 amide bonds. The molecule has 7 heteroatoms. The minimum absolute atomic E-state index is 0.120. The predicted octanol–water partition coefficient (Wildman–Crippen LogP) is 2.43. The second kappa shape index (κ2) is 6.94. The SMILES string of the molecule is CS(=O)(=O)N1CCCc2cc(C(=O)NCCc3cccs3)ccc21. The van der Waals surface area contributed by atoms with Gasteiger partial charge in [0, 0.05) is 23.5 Å². The van der Waals surface area contributed by atoms with E-state index in [9.17, 15) is 13.2 Å². The van der Waals surface area contributed by atoms with Crippen LogP contribution in [-0.4, -0.2) is 33.7 Å². The number of rotatable bonds is 5. The van der Waals surface area contributed by atoms with Crippen LogP contribution in [0.1, 0.15) is 27.2 Å². The van der Waals surface area contributed by atoms with Crippen molar-refractivity contribution >= 4 is 33.0 Å². The number of nitrogens with one attached hydrogen (secondary N) is 1. The Hall–Kier alpha value is -1.86. The van der Waals surface area contributed by atoms with Gasteiger partial charge in [-0.25, -0.2) is 8.42 Å². The van der Waals surface area contributed by atoms with Crippen molar-refractivity contribution in [2.45, 2.75) is 19.3 Å². The number of fused-ring (bicyclic) bond motifs is 1. The Morgan fingerprint density at radius 1 is 1.33 bits per heavy atom. The maximum Gasteiger partial charge on any atom is 0.251 e. The number of anilines is 1. The molecule has 5 nitrogen and oxygen atoms in total. The van der Waals surface area contributed by atoms with E-state index in [0.29, 0.717) is 24.3 Å². The maximum atomic E-state index is 12.3. The van der Waals surface area contributed by atoms with Crippen molar-refractivity contribution in [1.82, 2.24) is 5.32 Å². The zero-order valence-electron chi connectivity index (χ0n) is 13.5. The molecule has 0 spiro atoms. The molecule has 128 valence electrons. The Morgan fingerprint density at radius 2 is 2.17 bits per heavy atom. The largest absolute Gasteiger partial charge is 0.352 e. The van der Waals surface area contributed by atoms with Gasteiger partial charge in [-0.05, 0) is 54.5 Å². The van der Waals surface area contributed by atoms with Gasteiger partial charge in [-0.3, -0.25) is 9.10 Å². The summed E-state index contributed by atoms with van der Waals surface area (Å²) in [5.74, 6) is -0.120. The van der Waals surface area contributed by atoms with Crippen molar-refractivity contribution < 1.29 is 13.2 Å². The molecule has 24 heavy (non-hydrogen) atoms. The number of nitrogens with zero attached hydrogens (tertiary/aromatic N) is 1. The molecule has 2 heterocycles. The summed E-state index contributed by atoms with van der Waals surface area (Å²) in [4.78, 5) is 13.5. The minimum atomic E-state index is -3.28. The highest BCUT2D eigenvalue weighted by Gasteiger charge is 2.24. The number of amides is 1. The highest BCUT2D eigenvalue weighted by Crippen LogP contribution is 2.29. The second-order valence-corrected chi connectivity index (χ2v) is 8.81. The first kappa shape index (κ1) is 17.0. The van der Waals surface area contributed by atoms with Crippen molar-refractivity contribution in [3.8, 4) is 0 Å². The zero-order chi connectivity index (χ0) is 17.2. The third kappa shape index (κ3) is 3.79. The maximum absolute atomic E-state index is 12.3. The summed E-state index contributed by atoms with van der Waals surface area (Å²) in [5.41, 5.74) is 2.19. The fraction of sp³-hybridized carbons (Fsp3) is 0.353. The normalized spacial score (nSPS) is 14.3. The van der Waals surface area contributed by atoms with E-state index in [4.69, 9.17) is 0 Å². The van der Waals surface area contributed by atoms with Gasteiger partial charge in [0.05, 0.1) is 11.9 Å². The molecule has 0 bridgehead atoms. The average Bonchev–Trinajstić information content (AvgIpc) is 3.06. The van der Waals surface area contributed by atoms with E-state index < -0.39 is 10.0 Å². The fourth-order valence-electron chi connectivity index (χ4n) is 2.90. The molecule has 1 aliphatic rings. The van der Waals surface area contributed by atoms with Crippen LogP contribution in [0.15, 0.2) is 35.7 Å². The van der Waals surface area contributed by atoms with Crippen molar-refractivity contribution in [1.29, 1.82) is 0 Å². The molecule has 0 saturated heterocycles. The molecule has 0 fully saturated rings. The molecule has 0 unspecified atom stereocenters. The summed E-state index contributed by atoms with van der Waals surface area (Å²) < 4.78 is 25.2. The summed E-state index contributed by atoms with van der Waals surface area (Å²) in [6, 6.07) is 9.30. The van der Waals surface area contributed by atoms with E-state index in [1.54, 1.807) is 23.5 Å². The van der Waals surface area contributed by atoms with Crippen LogP contribution in [0.4, 0.5) is 5.69 Å². The van der Waals surface area contributed by atoms with Gasteiger partial charge in [0.1, 0.15) is 0 Å². The van der Waals surface area contributed by atoms with Crippen molar-refractivity contribution in [2.24, 2.45) is 0 Å². The fourth-order valence-corrected chi connectivity index (χ4v) is 4.61. The monoisotopic (exact) mass is 364 g/mol.